The SMILES string of the molecule is CC1CC(=O)N(C[C@H]2NCCc3c(Cl)cc(F)c(OCc4nnn(C)c4C(F)F)c32)C1. The molecule has 0 saturated carbocycles. The number of carbonyl (C=O) groups excluding carboxylic acids is 1. The highest BCUT2D eigenvalue weighted by Gasteiger charge is 2.34. The first-order chi connectivity index (χ1) is 14.8. The van der Waals surface area contributed by atoms with Crippen LogP contribution in [0.2, 0.25) is 5.02 Å². The lowest BCUT2D eigenvalue weighted by molar-refractivity contribution is -0.128. The number of nitrogens with zero attached hydrogens (tertiary/aromatic N) is 4. The van der Waals surface area contributed by atoms with Crippen molar-refractivity contribution in [2.75, 3.05) is 19.6 Å². The monoisotopic (exact) mass is 457 g/mol. The molecule has 1 aromatic heterocycles. The average molecular weight is 458 g/mol. The van der Waals surface area contributed by atoms with E-state index >= 15 is 0 Å². The first-order valence-electron chi connectivity index (χ1n) is 10.1. The minimum absolute atomic E-state index is 0.0486. The number of carbonyl (C=O) groups is 1. The summed E-state index contributed by atoms with van der Waals surface area (Å²) in [5.74, 6) is -0.456. The van der Waals surface area contributed by atoms with Crippen molar-refractivity contribution < 1.29 is 22.7 Å². The second-order valence-corrected chi connectivity index (χ2v) is 8.47. The summed E-state index contributed by atoms with van der Waals surface area (Å²) < 4.78 is 48.2. The zero-order chi connectivity index (χ0) is 22.3. The van der Waals surface area contributed by atoms with E-state index in [2.05, 4.69) is 15.6 Å². The number of nitrogens with one attached hydrogen (secondary N) is 1. The Morgan fingerprint density at radius 2 is 2.19 bits per heavy atom. The molecule has 31 heavy (non-hydrogen) atoms. The van der Waals surface area contributed by atoms with Crippen molar-refractivity contribution >= 4 is 17.5 Å². The van der Waals surface area contributed by atoms with Crippen LogP contribution in [0, 0.1) is 11.7 Å². The third-order valence-corrected chi connectivity index (χ3v) is 6.09. The number of likely N-dealkylation sites (tertiary alicyclic amines) is 1. The Morgan fingerprint density at radius 3 is 2.87 bits per heavy atom. The summed E-state index contributed by atoms with van der Waals surface area (Å²) in [4.78, 5) is 14.0. The van der Waals surface area contributed by atoms with E-state index in [1.165, 1.54) is 13.1 Å². The van der Waals surface area contributed by atoms with Gasteiger partial charge >= 0.3 is 0 Å². The maximum Gasteiger partial charge on any atom is 0.282 e. The van der Waals surface area contributed by atoms with Crippen LogP contribution >= 0.6 is 11.6 Å². The zero-order valence-electron chi connectivity index (χ0n) is 17.2. The van der Waals surface area contributed by atoms with E-state index in [1.54, 1.807) is 4.90 Å². The van der Waals surface area contributed by atoms with Crippen LogP contribution in [0.1, 0.15) is 48.3 Å². The van der Waals surface area contributed by atoms with Gasteiger partial charge in [0.1, 0.15) is 18.0 Å². The van der Waals surface area contributed by atoms with Crippen molar-refractivity contribution in [3.05, 3.63) is 39.4 Å². The van der Waals surface area contributed by atoms with E-state index in [9.17, 15) is 18.0 Å². The fourth-order valence-electron chi connectivity index (χ4n) is 4.34. The summed E-state index contributed by atoms with van der Waals surface area (Å²) in [5, 5.41) is 10.9. The summed E-state index contributed by atoms with van der Waals surface area (Å²) in [6, 6.07) is 0.781. The molecular weight excluding hydrogens is 435 g/mol. The molecule has 0 radical (unpaired) electrons. The number of rotatable bonds is 6. The highest BCUT2D eigenvalue weighted by molar-refractivity contribution is 6.31. The molecule has 1 fully saturated rings. The van der Waals surface area contributed by atoms with Crippen molar-refractivity contribution in [1.29, 1.82) is 0 Å². The summed E-state index contributed by atoms with van der Waals surface area (Å²) in [6.07, 6.45) is -1.75. The standard InChI is InChI=1S/C20H23ClF3N5O2/c1-10-5-16(30)29(7-10)8-14-17-11(3-4-25-14)12(21)6-13(22)19(17)31-9-15-18(20(23)24)28(2)27-26-15/h6,10,14,20,25H,3-5,7-9H2,1-2H3/t10?,14-/m1/s1. The van der Waals surface area contributed by atoms with Gasteiger partial charge in [0.25, 0.3) is 6.43 Å². The smallest absolute Gasteiger partial charge is 0.282 e. The molecule has 2 aromatic rings. The van der Waals surface area contributed by atoms with Gasteiger partial charge in [-0.3, -0.25) is 4.79 Å². The van der Waals surface area contributed by atoms with Crippen LogP contribution in [0.4, 0.5) is 13.2 Å². The van der Waals surface area contributed by atoms with E-state index in [-0.39, 0.29) is 40.6 Å². The lowest BCUT2D eigenvalue weighted by Gasteiger charge is -2.32. The number of aromatic nitrogens is 3. The van der Waals surface area contributed by atoms with Crippen LogP contribution in [-0.4, -0.2) is 45.4 Å². The summed E-state index contributed by atoms with van der Waals surface area (Å²) >= 11 is 6.31. The number of halogens is 4. The van der Waals surface area contributed by atoms with Crippen molar-refractivity contribution in [2.24, 2.45) is 13.0 Å². The molecule has 1 amide bonds. The first kappa shape index (κ1) is 21.9. The van der Waals surface area contributed by atoms with E-state index in [0.29, 0.717) is 38.0 Å². The number of amides is 1. The third kappa shape index (κ3) is 4.23. The van der Waals surface area contributed by atoms with E-state index in [1.807, 2.05) is 6.92 Å². The maximum atomic E-state index is 14.9. The maximum absolute atomic E-state index is 14.9. The molecule has 3 heterocycles. The van der Waals surface area contributed by atoms with E-state index in [4.69, 9.17) is 16.3 Å². The minimum atomic E-state index is -2.79. The van der Waals surface area contributed by atoms with Crippen LogP contribution in [0.15, 0.2) is 6.07 Å². The van der Waals surface area contributed by atoms with Crippen LogP contribution in [-0.2, 0) is 24.9 Å². The Hall–Kier alpha value is -2.33. The molecular formula is C20H23ClF3N5O2. The van der Waals surface area contributed by atoms with Crippen LogP contribution in [0.25, 0.3) is 0 Å². The first-order valence-corrected chi connectivity index (χ1v) is 10.4. The molecule has 0 spiro atoms. The fourth-order valence-corrected chi connectivity index (χ4v) is 4.63. The number of hydrogen-bond acceptors (Lipinski definition) is 5. The predicted octanol–water partition coefficient (Wildman–Crippen LogP) is 3.18. The fraction of sp³-hybridized carbons (Fsp3) is 0.550. The van der Waals surface area contributed by atoms with Gasteiger partial charge in [0.05, 0.1) is 6.04 Å². The van der Waals surface area contributed by atoms with Crippen molar-refractivity contribution in [2.45, 2.75) is 38.8 Å². The highest BCUT2D eigenvalue weighted by Crippen LogP contribution is 2.40. The van der Waals surface area contributed by atoms with Gasteiger partial charge < -0.3 is 15.0 Å². The highest BCUT2D eigenvalue weighted by atomic mass is 35.5. The molecule has 0 aliphatic carbocycles. The molecule has 1 saturated heterocycles. The van der Waals surface area contributed by atoms with Crippen molar-refractivity contribution in [3.8, 4) is 5.75 Å². The van der Waals surface area contributed by atoms with Gasteiger partial charge in [0, 0.05) is 37.1 Å². The molecule has 2 atom stereocenters. The Bertz CT molecular complexity index is 1000. The van der Waals surface area contributed by atoms with Crippen LogP contribution in [0.3, 0.4) is 0 Å². The largest absolute Gasteiger partial charge is 0.484 e. The van der Waals surface area contributed by atoms with Gasteiger partial charge in [-0.2, -0.15) is 0 Å². The molecule has 7 nitrogen and oxygen atoms in total. The number of benzene rings is 1. The Labute approximate surface area is 182 Å². The number of hydrogen-bond donors (Lipinski definition) is 1. The van der Waals surface area contributed by atoms with E-state index < -0.39 is 18.3 Å². The number of alkyl halides is 2. The van der Waals surface area contributed by atoms with E-state index in [0.717, 1.165) is 10.2 Å². The molecule has 1 aromatic carbocycles. The van der Waals surface area contributed by atoms with Gasteiger partial charge in [0.15, 0.2) is 11.6 Å². The normalized spacial score (nSPS) is 21.1. The molecule has 1 unspecified atom stereocenters. The lowest BCUT2D eigenvalue weighted by Crippen LogP contribution is -2.40. The molecule has 2 aliphatic heterocycles. The Kier molecular flexibility index (Phi) is 6.11. The molecule has 1 N–H and O–H groups in total. The van der Waals surface area contributed by atoms with Gasteiger partial charge in [-0.05, 0) is 30.5 Å². The summed E-state index contributed by atoms with van der Waals surface area (Å²) in [5.41, 5.74) is 0.805. The lowest BCUT2D eigenvalue weighted by atomic mass is 9.92. The summed E-state index contributed by atoms with van der Waals surface area (Å²) in [7, 11) is 1.36. The molecule has 168 valence electrons. The zero-order valence-corrected chi connectivity index (χ0v) is 17.9. The average Bonchev–Trinajstić information content (AvgIpc) is 3.23. The molecule has 0 bridgehead atoms. The summed E-state index contributed by atoms with van der Waals surface area (Å²) in [6.45, 7) is 3.22. The van der Waals surface area contributed by atoms with Crippen molar-refractivity contribution in [1.82, 2.24) is 25.2 Å². The number of aryl methyl sites for hydroxylation is 1. The molecule has 11 heteroatoms. The van der Waals surface area contributed by atoms with Gasteiger partial charge in [0.2, 0.25) is 5.91 Å². The number of fused-ring (bicyclic) bond motifs is 1. The molecule has 2 aliphatic rings. The number of ether oxygens (including phenoxy) is 1. The minimum Gasteiger partial charge on any atom is -0.484 e. The quantitative estimate of drug-likeness (QED) is 0.721. The third-order valence-electron chi connectivity index (χ3n) is 5.76. The Balaban J connectivity index is 1.65. The van der Waals surface area contributed by atoms with Crippen LogP contribution in [0.5, 0.6) is 5.75 Å². The van der Waals surface area contributed by atoms with Crippen molar-refractivity contribution in [3.63, 3.8) is 0 Å². The molecule has 4 rings (SSSR count). The van der Waals surface area contributed by atoms with Gasteiger partial charge in [-0.25, -0.2) is 17.9 Å². The predicted molar refractivity (Wildman–Crippen MR) is 107 cm³/mol. The van der Waals surface area contributed by atoms with Gasteiger partial charge in [-0.1, -0.05) is 23.7 Å². The van der Waals surface area contributed by atoms with Gasteiger partial charge in [-0.15, -0.1) is 5.10 Å². The Morgan fingerprint density at radius 1 is 1.42 bits per heavy atom. The second-order valence-electron chi connectivity index (χ2n) is 8.06. The second kappa shape index (κ2) is 8.66. The topological polar surface area (TPSA) is 72.3 Å². The van der Waals surface area contributed by atoms with Crippen LogP contribution < -0.4 is 10.1 Å².